The van der Waals surface area contributed by atoms with Crippen LogP contribution in [-0.2, 0) is 9.53 Å². The number of ether oxygens (including phenoxy) is 1. The average molecular weight is 198 g/mol. The first-order chi connectivity index (χ1) is 6.68. The molecule has 0 aromatic heterocycles. The third-order valence-corrected chi connectivity index (χ3v) is 3.02. The minimum absolute atomic E-state index is 0.0304. The minimum Gasteiger partial charge on any atom is -0.363 e. The predicted octanol–water partition coefficient (Wildman–Crippen LogP) is 0.0336. The fraction of sp³-hybridized carbons (Fsp3) is 0.900. The molecule has 1 aliphatic heterocycles. The third kappa shape index (κ3) is 2.25. The van der Waals surface area contributed by atoms with Gasteiger partial charge in [0.25, 0.3) is 0 Å². The Hall–Kier alpha value is -0.610. The molecule has 2 N–H and O–H groups in total. The topological polar surface area (TPSA) is 50.4 Å². The van der Waals surface area contributed by atoms with Crippen molar-refractivity contribution in [3.8, 4) is 0 Å². The van der Waals surface area contributed by atoms with Crippen molar-refractivity contribution in [3.05, 3.63) is 0 Å². The number of nitrogens with one attached hydrogen (secondary N) is 2. The Balaban J connectivity index is 1.61. The van der Waals surface area contributed by atoms with Crippen molar-refractivity contribution in [2.75, 3.05) is 19.7 Å². The Morgan fingerprint density at radius 2 is 2.29 bits per heavy atom. The molecule has 0 unspecified atom stereocenters. The summed E-state index contributed by atoms with van der Waals surface area (Å²) in [6.45, 7) is 3.93. The molecule has 0 aromatic carbocycles. The Kier molecular flexibility index (Phi) is 2.74. The number of amides is 1. The highest BCUT2D eigenvalue weighted by Crippen LogP contribution is 2.18. The van der Waals surface area contributed by atoms with Crippen LogP contribution in [0.2, 0.25) is 0 Å². The van der Waals surface area contributed by atoms with Gasteiger partial charge in [0.05, 0.1) is 5.60 Å². The molecule has 0 atom stereocenters. The van der Waals surface area contributed by atoms with Gasteiger partial charge in [0.2, 0.25) is 5.91 Å². The van der Waals surface area contributed by atoms with Crippen molar-refractivity contribution in [1.82, 2.24) is 10.6 Å². The summed E-state index contributed by atoms with van der Waals surface area (Å²) in [5.74, 6) is 0.0304. The minimum atomic E-state index is -0.114. The molecule has 1 amide bonds. The van der Waals surface area contributed by atoms with Gasteiger partial charge in [-0.25, -0.2) is 0 Å². The van der Waals surface area contributed by atoms with E-state index < -0.39 is 0 Å². The first-order valence-corrected chi connectivity index (χ1v) is 5.32. The lowest BCUT2D eigenvalue weighted by Gasteiger charge is -2.39. The molecular weight excluding hydrogens is 180 g/mol. The lowest BCUT2D eigenvalue weighted by Crippen LogP contribution is -2.59. The van der Waals surface area contributed by atoms with Crippen LogP contribution >= 0.6 is 0 Å². The Morgan fingerprint density at radius 1 is 1.57 bits per heavy atom. The number of hydrogen-bond donors (Lipinski definition) is 2. The summed E-state index contributed by atoms with van der Waals surface area (Å²) in [6.07, 6.45) is 3.50. The van der Waals surface area contributed by atoms with Crippen molar-refractivity contribution in [1.29, 1.82) is 0 Å². The zero-order valence-electron chi connectivity index (χ0n) is 8.64. The maximum absolute atomic E-state index is 11.4. The van der Waals surface area contributed by atoms with Crippen LogP contribution in [0.5, 0.6) is 0 Å². The zero-order valence-corrected chi connectivity index (χ0v) is 8.64. The predicted molar refractivity (Wildman–Crippen MR) is 53.0 cm³/mol. The molecule has 2 fully saturated rings. The van der Waals surface area contributed by atoms with Gasteiger partial charge in [0.15, 0.2) is 0 Å². The lowest BCUT2D eigenvalue weighted by atomic mass is 9.93. The monoisotopic (exact) mass is 198 g/mol. The molecule has 80 valence electrons. The van der Waals surface area contributed by atoms with Gasteiger partial charge in [-0.1, -0.05) is 0 Å². The zero-order chi connectivity index (χ0) is 10.0. The summed E-state index contributed by atoms with van der Waals surface area (Å²) < 4.78 is 5.52. The van der Waals surface area contributed by atoms with Crippen LogP contribution in [0.3, 0.4) is 0 Å². The number of hydrogen-bond acceptors (Lipinski definition) is 3. The van der Waals surface area contributed by atoms with Crippen LogP contribution in [0, 0.1) is 0 Å². The standard InChI is InChI=1S/C10H18N2O2/c1-10(6-11-7-10)14-5-9(13)12-8-3-2-4-8/h8,11H,2-7H2,1H3,(H,12,13). The van der Waals surface area contributed by atoms with Crippen LogP contribution in [0.4, 0.5) is 0 Å². The van der Waals surface area contributed by atoms with Gasteiger partial charge in [-0.15, -0.1) is 0 Å². The van der Waals surface area contributed by atoms with E-state index in [0.717, 1.165) is 25.9 Å². The van der Waals surface area contributed by atoms with E-state index in [1.165, 1.54) is 6.42 Å². The normalized spacial score (nSPS) is 24.9. The highest BCUT2D eigenvalue weighted by Gasteiger charge is 2.33. The lowest BCUT2D eigenvalue weighted by molar-refractivity contribution is -0.137. The first kappa shape index (κ1) is 9.93. The van der Waals surface area contributed by atoms with Crippen LogP contribution in [0.15, 0.2) is 0 Å². The number of carbonyl (C=O) groups excluding carboxylic acids is 1. The molecule has 4 nitrogen and oxygen atoms in total. The fourth-order valence-corrected chi connectivity index (χ4v) is 1.64. The van der Waals surface area contributed by atoms with Crippen LogP contribution in [-0.4, -0.2) is 37.2 Å². The Morgan fingerprint density at radius 3 is 2.71 bits per heavy atom. The van der Waals surface area contributed by atoms with Crippen molar-refractivity contribution in [2.24, 2.45) is 0 Å². The molecule has 4 heteroatoms. The molecular formula is C10H18N2O2. The number of rotatable bonds is 4. The molecule has 0 spiro atoms. The van der Waals surface area contributed by atoms with Gasteiger partial charge in [-0.05, 0) is 26.2 Å². The maximum Gasteiger partial charge on any atom is 0.246 e. The molecule has 0 aromatic rings. The highest BCUT2D eigenvalue weighted by atomic mass is 16.5. The quantitative estimate of drug-likeness (QED) is 0.670. The molecule has 2 aliphatic rings. The van der Waals surface area contributed by atoms with E-state index in [-0.39, 0.29) is 18.1 Å². The van der Waals surface area contributed by atoms with Gasteiger partial charge in [0, 0.05) is 19.1 Å². The van der Waals surface area contributed by atoms with Crippen LogP contribution in [0.25, 0.3) is 0 Å². The van der Waals surface area contributed by atoms with Gasteiger partial charge in [-0.3, -0.25) is 4.79 Å². The Labute approximate surface area is 84.4 Å². The van der Waals surface area contributed by atoms with Gasteiger partial charge >= 0.3 is 0 Å². The van der Waals surface area contributed by atoms with E-state index >= 15 is 0 Å². The second kappa shape index (κ2) is 3.87. The fourth-order valence-electron chi connectivity index (χ4n) is 1.64. The Bertz CT molecular complexity index is 222. The molecule has 1 saturated carbocycles. The molecule has 1 aliphatic carbocycles. The largest absolute Gasteiger partial charge is 0.363 e. The first-order valence-electron chi connectivity index (χ1n) is 5.32. The third-order valence-electron chi connectivity index (χ3n) is 3.02. The van der Waals surface area contributed by atoms with Crippen LogP contribution < -0.4 is 10.6 Å². The second-order valence-electron chi connectivity index (χ2n) is 4.54. The highest BCUT2D eigenvalue weighted by molar-refractivity contribution is 5.77. The summed E-state index contributed by atoms with van der Waals surface area (Å²) in [6, 6.07) is 0.415. The van der Waals surface area contributed by atoms with Crippen LogP contribution in [0.1, 0.15) is 26.2 Å². The SMILES string of the molecule is CC1(OCC(=O)NC2CCC2)CNC1. The summed E-state index contributed by atoms with van der Waals surface area (Å²) in [5, 5.41) is 6.08. The molecule has 1 saturated heterocycles. The summed E-state index contributed by atoms with van der Waals surface area (Å²) in [5.41, 5.74) is -0.114. The van der Waals surface area contributed by atoms with E-state index in [9.17, 15) is 4.79 Å². The van der Waals surface area contributed by atoms with E-state index in [0.29, 0.717) is 6.04 Å². The average Bonchev–Trinajstić information content (AvgIpc) is 2.05. The van der Waals surface area contributed by atoms with Gasteiger partial charge in [0.1, 0.15) is 6.61 Å². The van der Waals surface area contributed by atoms with Crippen molar-refractivity contribution < 1.29 is 9.53 Å². The van der Waals surface area contributed by atoms with E-state index in [1.54, 1.807) is 0 Å². The van der Waals surface area contributed by atoms with Gasteiger partial charge in [-0.2, -0.15) is 0 Å². The molecule has 1 heterocycles. The number of carbonyl (C=O) groups is 1. The van der Waals surface area contributed by atoms with E-state index in [2.05, 4.69) is 10.6 Å². The van der Waals surface area contributed by atoms with Gasteiger partial charge < -0.3 is 15.4 Å². The smallest absolute Gasteiger partial charge is 0.246 e. The van der Waals surface area contributed by atoms with E-state index in [4.69, 9.17) is 4.74 Å². The van der Waals surface area contributed by atoms with Crippen molar-refractivity contribution in [3.63, 3.8) is 0 Å². The second-order valence-corrected chi connectivity index (χ2v) is 4.54. The molecule has 0 bridgehead atoms. The maximum atomic E-state index is 11.4. The molecule has 0 radical (unpaired) electrons. The molecule has 14 heavy (non-hydrogen) atoms. The van der Waals surface area contributed by atoms with Crippen molar-refractivity contribution in [2.45, 2.75) is 37.8 Å². The summed E-state index contributed by atoms with van der Waals surface area (Å²) in [7, 11) is 0. The summed E-state index contributed by atoms with van der Waals surface area (Å²) in [4.78, 5) is 11.4. The summed E-state index contributed by atoms with van der Waals surface area (Å²) >= 11 is 0. The van der Waals surface area contributed by atoms with E-state index in [1.807, 2.05) is 6.92 Å². The molecule has 2 rings (SSSR count). The van der Waals surface area contributed by atoms with Crippen molar-refractivity contribution >= 4 is 5.91 Å².